The van der Waals surface area contributed by atoms with Gasteiger partial charge in [0.2, 0.25) is 0 Å². The summed E-state index contributed by atoms with van der Waals surface area (Å²) in [7, 11) is 0. The van der Waals surface area contributed by atoms with Crippen LogP contribution in [0.3, 0.4) is 0 Å². The highest BCUT2D eigenvalue weighted by Gasteiger charge is 2.49. The topological polar surface area (TPSA) is 8.17 Å². The lowest BCUT2D eigenvalue weighted by atomic mass is 9.77. The van der Waals surface area contributed by atoms with Crippen molar-refractivity contribution in [1.29, 1.82) is 0 Å². The van der Waals surface area contributed by atoms with Gasteiger partial charge in [0.1, 0.15) is 5.54 Å². The number of benzene rings is 8. The van der Waals surface area contributed by atoms with E-state index in [9.17, 15) is 0 Å². The van der Waals surface area contributed by atoms with E-state index in [4.69, 9.17) is 0 Å². The lowest BCUT2D eigenvalue weighted by molar-refractivity contribution is 0.550. The summed E-state index contributed by atoms with van der Waals surface area (Å²) in [6.45, 7) is 0. The van der Waals surface area contributed by atoms with Gasteiger partial charge in [0.25, 0.3) is 0 Å². The molecule has 8 aromatic carbocycles. The van der Waals surface area contributed by atoms with E-state index >= 15 is 0 Å². The first kappa shape index (κ1) is 31.7. The molecule has 0 amide bonds. The molecule has 0 saturated heterocycles. The molecule has 1 saturated carbocycles. The van der Waals surface area contributed by atoms with E-state index in [0.717, 1.165) is 5.69 Å². The van der Waals surface area contributed by atoms with Gasteiger partial charge in [-0.3, -0.25) is 0 Å². The average Bonchev–Trinajstić information content (AvgIpc) is 4.03. The van der Waals surface area contributed by atoms with E-state index in [-0.39, 0.29) is 5.41 Å². The van der Waals surface area contributed by atoms with Gasteiger partial charge in [-0.25, -0.2) is 0 Å². The molecule has 1 aromatic heterocycles. The second-order valence-electron chi connectivity index (χ2n) is 15.9. The first-order chi connectivity index (χ1) is 27.8. The van der Waals surface area contributed by atoms with E-state index < -0.39 is 5.54 Å². The van der Waals surface area contributed by atoms with E-state index in [1.54, 1.807) is 0 Å². The van der Waals surface area contributed by atoms with Gasteiger partial charge >= 0.3 is 0 Å². The number of aromatic nitrogens is 1. The Hall–Kier alpha value is -6.64. The third kappa shape index (κ3) is 4.06. The van der Waals surface area contributed by atoms with Crippen molar-refractivity contribution < 1.29 is 0 Å². The highest BCUT2D eigenvalue weighted by Crippen LogP contribution is 2.61. The zero-order valence-electron chi connectivity index (χ0n) is 31.2. The van der Waals surface area contributed by atoms with Crippen LogP contribution in [0, 0.1) is 0 Å². The highest BCUT2D eigenvalue weighted by molar-refractivity contribution is 6.15. The fourth-order valence-electron chi connectivity index (χ4n) is 11.3. The molecule has 3 aliphatic rings. The van der Waals surface area contributed by atoms with Crippen LogP contribution in [0.1, 0.15) is 53.5 Å². The van der Waals surface area contributed by atoms with Crippen LogP contribution in [0.15, 0.2) is 194 Å². The minimum Gasteiger partial charge on any atom is -0.320 e. The van der Waals surface area contributed by atoms with Crippen molar-refractivity contribution >= 4 is 38.9 Å². The molecule has 12 rings (SSSR count). The summed E-state index contributed by atoms with van der Waals surface area (Å²) >= 11 is 0. The fourth-order valence-corrected chi connectivity index (χ4v) is 11.3. The largest absolute Gasteiger partial charge is 0.320 e. The summed E-state index contributed by atoms with van der Waals surface area (Å²) in [6, 6.07) is 72.9. The van der Waals surface area contributed by atoms with Gasteiger partial charge in [-0.2, -0.15) is 0 Å². The maximum absolute atomic E-state index is 2.71. The Morgan fingerprint density at radius 3 is 1.68 bits per heavy atom. The van der Waals surface area contributed by atoms with Crippen LogP contribution in [-0.4, -0.2) is 4.57 Å². The molecule has 0 N–H and O–H groups in total. The Kier molecular flexibility index (Phi) is 6.75. The van der Waals surface area contributed by atoms with Gasteiger partial charge in [0.05, 0.1) is 22.4 Å². The van der Waals surface area contributed by atoms with Gasteiger partial charge in [-0.15, -0.1) is 0 Å². The zero-order valence-corrected chi connectivity index (χ0v) is 31.2. The summed E-state index contributed by atoms with van der Waals surface area (Å²) in [6.07, 6.45) is 4.94. The minimum absolute atomic E-state index is 0.0693. The smallest absolute Gasteiger partial charge is 0.122 e. The van der Waals surface area contributed by atoms with Crippen LogP contribution in [0.2, 0.25) is 0 Å². The predicted molar refractivity (Wildman–Crippen MR) is 232 cm³/mol. The first-order valence-electron chi connectivity index (χ1n) is 20.2. The van der Waals surface area contributed by atoms with E-state index in [2.05, 4.69) is 204 Å². The molecule has 1 heterocycles. The van der Waals surface area contributed by atoms with E-state index in [1.807, 2.05) is 0 Å². The molecule has 56 heavy (non-hydrogen) atoms. The first-order valence-corrected chi connectivity index (χ1v) is 20.2. The molecule has 1 spiro atoms. The fraction of sp³-hybridized carbons (Fsp3) is 0.111. The Morgan fingerprint density at radius 2 is 0.946 bits per heavy atom. The van der Waals surface area contributed by atoms with E-state index in [1.165, 1.54) is 109 Å². The molecule has 266 valence electrons. The molecular weight excluding hydrogens is 677 g/mol. The number of para-hydroxylation sites is 3. The number of anilines is 3. The van der Waals surface area contributed by atoms with Gasteiger partial charge in [0.15, 0.2) is 0 Å². The van der Waals surface area contributed by atoms with Gasteiger partial charge in [-0.1, -0.05) is 177 Å². The summed E-state index contributed by atoms with van der Waals surface area (Å²) in [4.78, 5) is 2.58. The van der Waals surface area contributed by atoms with Crippen LogP contribution in [0.25, 0.3) is 44.1 Å². The molecule has 0 aliphatic heterocycles. The molecule has 9 aromatic rings. The normalized spacial score (nSPS) is 15.5. The Labute approximate surface area is 327 Å². The van der Waals surface area contributed by atoms with Gasteiger partial charge in [-0.05, 0) is 87.7 Å². The summed E-state index contributed by atoms with van der Waals surface area (Å²) in [5.74, 6) is 0. The lowest BCUT2D eigenvalue weighted by Crippen LogP contribution is -2.36. The quantitative estimate of drug-likeness (QED) is 0.172. The van der Waals surface area contributed by atoms with Crippen molar-refractivity contribution in [3.63, 3.8) is 0 Å². The molecule has 0 bridgehead atoms. The van der Waals surface area contributed by atoms with Crippen molar-refractivity contribution in [1.82, 2.24) is 4.57 Å². The molecule has 2 heteroatoms. The standard InChI is InChI=1S/C54H40N2/c1-3-19-37(20-4-1)54(45-29-12-7-23-39(45)40-24-8-13-30-46(40)54)56-48-32-14-10-25-41(48)42-27-17-34-50(52(42)56)55(38-21-5-2-6-22-38)49-33-18-31-47-51(49)43-26-9-11-28-44(43)53(47)35-15-16-36-53/h1-14,17-34H,15-16,35-36H2. The van der Waals surface area contributed by atoms with Crippen LogP contribution < -0.4 is 4.90 Å². The molecule has 1 fully saturated rings. The van der Waals surface area contributed by atoms with E-state index in [0.29, 0.717) is 0 Å². The van der Waals surface area contributed by atoms with Gasteiger partial charge < -0.3 is 9.47 Å². The summed E-state index contributed by atoms with van der Waals surface area (Å²) < 4.78 is 2.71. The van der Waals surface area contributed by atoms with Crippen molar-refractivity contribution in [2.75, 3.05) is 4.90 Å². The van der Waals surface area contributed by atoms with Crippen LogP contribution >= 0.6 is 0 Å². The molecule has 2 nitrogen and oxygen atoms in total. The maximum Gasteiger partial charge on any atom is 0.122 e. The number of hydrogen-bond donors (Lipinski definition) is 0. The summed E-state index contributed by atoms with van der Waals surface area (Å²) in [5, 5.41) is 2.50. The Bertz CT molecular complexity index is 2940. The van der Waals surface area contributed by atoms with Crippen LogP contribution in [0.5, 0.6) is 0 Å². The van der Waals surface area contributed by atoms with Crippen molar-refractivity contribution in [2.24, 2.45) is 0 Å². The number of hydrogen-bond acceptors (Lipinski definition) is 1. The lowest BCUT2D eigenvalue weighted by Gasteiger charge is -2.38. The second-order valence-corrected chi connectivity index (χ2v) is 15.9. The monoisotopic (exact) mass is 716 g/mol. The second kappa shape index (κ2) is 11.9. The zero-order chi connectivity index (χ0) is 36.8. The number of nitrogens with zero attached hydrogens (tertiary/aromatic N) is 2. The molecule has 0 unspecified atom stereocenters. The van der Waals surface area contributed by atoms with Crippen molar-refractivity contribution in [3.8, 4) is 22.3 Å². The Balaban J connectivity index is 1.25. The highest BCUT2D eigenvalue weighted by atomic mass is 15.2. The number of rotatable bonds is 5. The average molecular weight is 717 g/mol. The molecule has 0 atom stereocenters. The third-order valence-corrected chi connectivity index (χ3v) is 13.3. The maximum atomic E-state index is 2.71. The van der Waals surface area contributed by atoms with Crippen LogP contribution in [-0.2, 0) is 11.0 Å². The Morgan fingerprint density at radius 1 is 0.411 bits per heavy atom. The molecule has 3 aliphatic carbocycles. The third-order valence-electron chi connectivity index (χ3n) is 13.3. The number of fused-ring (bicyclic) bond motifs is 11. The van der Waals surface area contributed by atoms with Crippen molar-refractivity contribution in [2.45, 2.75) is 36.6 Å². The molecular formula is C54H40N2. The van der Waals surface area contributed by atoms with Crippen LogP contribution in [0.4, 0.5) is 17.1 Å². The molecule has 0 radical (unpaired) electrons. The van der Waals surface area contributed by atoms with Crippen molar-refractivity contribution in [3.05, 3.63) is 222 Å². The minimum atomic E-state index is -0.645. The van der Waals surface area contributed by atoms with Gasteiger partial charge in [0, 0.05) is 27.4 Å². The predicted octanol–water partition coefficient (Wildman–Crippen LogP) is 13.9. The SMILES string of the molecule is c1ccc(N(c2cccc3c2-c2ccccc2C32CCCC2)c2cccc3c4ccccc4n(C4(c5ccccc5)c5ccccc5-c5ccccc54)c23)cc1. The summed E-state index contributed by atoms with van der Waals surface area (Å²) in [5.41, 5.74) is 17.6.